The maximum atomic E-state index is 13.3. The zero-order valence-electron chi connectivity index (χ0n) is 25.9. The van der Waals surface area contributed by atoms with Crippen LogP contribution in [0.15, 0.2) is 53.4 Å². The lowest BCUT2D eigenvalue weighted by atomic mass is 9.41. The van der Waals surface area contributed by atoms with Gasteiger partial charge in [-0.25, -0.2) is 15.2 Å². The second-order valence-corrected chi connectivity index (χ2v) is 14.2. The maximum Gasteiger partial charge on any atom is 0.331 e. The number of imidazole rings is 1. The number of fused-ring (bicyclic) bond motifs is 5. The Labute approximate surface area is 266 Å². The van der Waals surface area contributed by atoms with E-state index in [-0.39, 0.29) is 48.1 Å². The highest BCUT2D eigenvalue weighted by Gasteiger charge is 2.71. The molecule has 8 atom stereocenters. The number of amides is 2. The molecule has 6 N–H and O–H groups in total. The lowest BCUT2D eigenvalue weighted by Gasteiger charge is -2.65. The second-order valence-electron chi connectivity index (χ2n) is 14.2. The van der Waals surface area contributed by atoms with Crippen molar-refractivity contribution in [3.8, 4) is 0 Å². The molecule has 4 saturated carbocycles. The van der Waals surface area contributed by atoms with Crippen LogP contribution in [0.5, 0.6) is 0 Å². The molecular weight excluding hydrogens is 590 g/mol. The van der Waals surface area contributed by atoms with Gasteiger partial charge < -0.3 is 30.4 Å². The van der Waals surface area contributed by atoms with Crippen molar-refractivity contribution < 1.29 is 34.4 Å². The zero-order chi connectivity index (χ0) is 32.3. The van der Waals surface area contributed by atoms with Crippen molar-refractivity contribution in [1.82, 2.24) is 15.4 Å². The molecule has 12 nitrogen and oxygen atoms in total. The molecule has 0 spiro atoms. The highest BCUT2D eigenvalue weighted by Crippen LogP contribution is 2.70. The van der Waals surface area contributed by atoms with Crippen molar-refractivity contribution in [2.24, 2.45) is 33.7 Å². The van der Waals surface area contributed by atoms with Crippen LogP contribution in [0.3, 0.4) is 0 Å². The molecule has 7 rings (SSSR count). The van der Waals surface area contributed by atoms with Crippen molar-refractivity contribution in [2.75, 3.05) is 11.9 Å². The van der Waals surface area contributed by atoms with Gasteiger partial charge in [-0.1, -0.05) is 25.1 Å². The fourth-order valence-corrected chi connectivity index (χ4v) is 9.97. The van der Waals surface area contributed by atoms with Gasteiger partial charge in [0, 0.05) is 35.2 Å². The molecular formula is C34H41N5O7. The quantitative estimate of drug-likeness (QED) is 0.159. The lowest BCUT2D eigenvalue weighted by Crippen LogP contribution is -2.68. The first-order chi connectivity index (χ1) is 22.0. The maximum absolute atomic E-state index is 13.3. The Morgan fingerprint density at radius 2 is 1.83 bits per heavy atom. The summed E-state index contributed by atoms with van der Waals surface area (Å²) < 4.78 is 5.24. The Morgan fingerprint density at radius 1 is 1.04 bits per heavy atom. The lowest BCUT2D eigenvalue weighted by molar-refractivity contribution is -0.237. The number of anilines is 1. The van der Waals surface area contributed by atoms with Crippen molar-refractivity contribution in [1.29, 1.82) is 0 Å². The number of aliphatic hydroxyl groups excluding tert-OH is 1. The molecule has 2 amide bonds. The predicted molar refractivity (Wildman–Crippen MR) is 166 cm³/mol. The molecule has 0 radical (unpaired) electrons. The van der Waals surface area contributed by atoms with E-state index in [0.717, 1.165) is 12.0 Å². The Bertz CT molecular complexity index is 1610. The molecule has 5 aliphatic rings. The van der Waals surface area contributed by atoms with E-state index in [1.807, 2.05) is 6.07 Å². The molecule has 2 heterocycles. The number of cyclic esters (lactones) is 1. The van der Waals surface area contributed by atoms with Crippen LogP contribution in [0.1, 0.15) is 85.7 Å². The number of aromatic amines is 1. The molecule has 2 aromatic rings. The minimum Gasteiger partial charge on any atom is -0.458 e. The van der Waals surface area contributed by atoms with E-state index in [9.17, 15) is 29.7 Å². The van der Waals surface area contributed by atoms with E-state index in [4.69, 9.17) is 4.74 Å². The predicted octanol–water partition coefficient (Wildman–Crippen LogP) is 3.09. The number of hydrogen-bond acceptors (Lipinski definition) is 9. The number of hydrogen-bond donors (Lipinski definition) is 6. The Balaban J connectivity index is 1.15. The minimum atomic E-state index is -1.27. The van der Waals surface area contributed by atoms with Gasteiger partial charge in [0.25, 0.3) is 11.8 Å². The van der Waals surface area contributed by atoms with Gasteiger partial charge in [-0.3, -0.25) is 9.59 Å². The molecule has 1 aromatic carbocycles. The monoisotopic (exact) mass is 631 g/mol. The molecule has 4 fully saturated rings. The van der Waals surface area contributed by atoms with E-state index in [0.29, 0.717) is 50.6 Å². The first kappa shape index (κ1) is 30.8. The smallest absolute Gasteiger partial charge is 0.331 e. The van der Waals surface area contributed by atoms with E-state index in [1.165, 1.54) is 6.33 Å². The molecule has 4 aliphatic carbocycles. The minimum absolute atomic E-state index is 0.0150. The Hall–Kier alpha value is -3.87. The molecule has 244 valence electrons. The van der Waals surface area contributed by atoms with Gasteiger partial charge in [0.05, 0.1) is 23.6 Å². The summed E-state index contributed by atoms with van der Waals surface area (Å²) in [6.07, 6.45) is 8.62. The number of benzene rings is 1. The van der Waals surface area contributed by atoms with Gasteiger partial charge in [-0.2, -0.15) is 5.10 Å². The fourth-order valence-electron chi connectivity index (χ4n) is 9.97. The van der Waals surface area contributed by atoms with Crippen LogP contribution in [-0.2, 0) is 9.53 Å². The Kier molecular flexibility index (Phi) is 7.45. The first-order valence-corrected chi connectivity index (χ1v) is 16.2. The number of esters is 1. The standard InChI is InChI=1S/C34H41N5O7/c1-31-11-8-24-25(34(31,45)14-10-23(31)20-15-26(41)46-17-20)9-13-33(44)16-22(40)7-12-32(24,33)18-37-39-30(43)28-27(35-19-36-28)29(42)38-21-5-3-2-4-6-21/h2-6,15,18-19,22-25,40,44-45H,7-14,16-17H2,1H3,(H,35,36)(H,38,42)(H,39,43)/b37-18-/t22-,23-,24+,25-,31-,32+,33+,34+/m1/s1. The number of carbonyl (C=O) groups is 3. The topological polar surface area (TPSA) is 186 Å². The first-order valence-electron chi connectivity index (χ1n) is 16.2. The number of aromatic nitrogens is 2. The highest BCUT2D eigenvalue weighted by molar-refractivity contribution is 6.10. The fraction of sp³-hybridized carbons (Fsp3) is 0.559. The van der Waals surface area contributed by atoms with E-state index in [2.05, 4.69) is 32.7 Å². The van der Waals surface area contributed by atoms with Crippen LogP contribution in [-0.4, -0.2) is 73.2 Å². The van der Waals surface area contributed by atoms with Gasteiger partial charge in [0.15, 0.2) is 5.69 Å². The third-order valence-electron chi connectivity index (χ3n) is 12.2. The third kappa shape index (κ3) is 4.64. The van der Waals surface area contributed by atoms with Crippen molar-refractivity contribution in [2.45, 2.75) is 82.0 Å². The number of nitrogens with one attached hydrogen (secondary N) is 3. The van der Waals surface area contributed by atoms with Crippen molar-refractivity contribution >= 4 is 29.7 Å². The van der Waals surface area contributed by atoms with Crippen molar-refractivity contribution in [3.05, 3.63) is 59.7 Å². The third-order valence-corrected chi connectivity index (χ3v) is 12.2. The molecule has 0 saturated heterocycles. The number of aliphatic hydroxyl groups is 3. The number of nitrogens with zero attached hydrogens (tertiary/aromatic N) is 2. The van der Waals surface area contributed by atoms with Crippen LogP contribution in [0.2, 0.25) is 0 Å². The van der Waals surface area contributed by atoms with Gasteiger partial charge in [0.1, 0.15) is 12.3 Å². The van der Waals surface area contributed by atoms with Gasteiger partial charge >= 0.3 is 5.97 Å². The summed E-state index contributed by atoms with van der Waals surface area (Å²) in [4.78, 5) is 44.9. The summed E-state index contributed by atoms with van der Waals surface area (Å²) in [6, 6.07) is 8.86. The largest absolute Gasteiger partial charge is 0.458 e. The number of rotatable bonds is 6. The number of H-pyrrole nitrogens is 1. The normalized spacial score (nSPS) is 38.3. The van der Waals surface area contributed by atoms with Crippen molar-refractivity contribution in [3.63, 3.8) is 0 Å². The molecule has 46 heavy (non-hydrogen) atoms. The molecule has 0 unspecified atom stereocenters. The highest BCUT2D eigenvalue weighted by atomic mass is 16.5. The van der Waals surface area contributed by atoms with E-state index >= 15 is 0 Å². The molecule has 0 bridgehead atoms. The SMILES string of the molecule is C[C@]12CC[C@H]3[C@@H](CC[C@]4(O)C[C@H](O)CC[C@]34/C=N\NC(=O)c3nc[nH]c3C(=O)Nc3ccccc3)[C@@]1(O)CC[C@@H]2C1=CC(=O)OC1. The number of ether oxygens (including phenoxy) is 1. The zero-order valence-corrected chi connectivity index (χ0v) is 25.9. The summed E-state index contributed by atoms with van der Waals surface area (Å²) in [7, 11) is 0. The summed E-state index contributed by atoms with van der Waals surface area (Å²) >= 11 is 0. The molecule has 1 aliphatic heterocycles. The van der Waals surface area contributed by atoms with Gasteiger partial charge in [-0.15, -0.1) is 0 Å². The van der Waals surface area contributed by atoms with E-state index < -0.39 is 40.0 Å². The summed E-state index contributed by atoms with van der Waals surface area (Å²) in [5.74, 6) is -1.81. The van der Waals surface area contributed by atoms with Gasteiger partial charge in [-0.05, 0) is 86.8 Å². The molecule has 1 aromatic heterocycles. The van der Waals surface area contributed by atoms with Crippen LogP contribution in [0, 0.1) is 28.6 Å². The van der Waals surface area contributed by atoms with Crippen LogP contribution >= 0.6 is 0 Å². The second kappa shape index (κ2) is 11.1. The van der Waals surface area contributed by atoms with Crippen LogP contribution in [0.25, 0.3) is 0 Å². The summed E-state index contributed by atoms with van der Waals surface area (Å²) in [5, 5.41) is 42.6. The van der Waals surface area contributed by atoms with Crippen LogP contribution in [0.4, 0.5) is 5.69 Å². The number of para-hydroxylation sites is 1. The Morgan fingerprint density at radius 3 is 2.59 bits per heavy atom. The molecule has 12 heteroatoms. The van der Waals surface area contributed by atoms with Crippen LogP contribution < -0.4 is 10.7 Å². The average molecular weight is 632 g/mol. The average Bonchev–Trinajstić information content (AvgIpc) is 3.75. The van der Waals surface area contributed by atoms with Gasteiger partial charge in [0.2, 0.25) is 0 Å². The summed E-state index contributed by atoms with van der Waals surface area (Å²) in [6.45, 7) is 2.40. The number of carbonyl (C=O) groups excluding carboxylic acids is 3. The number of hydrazone groups is 1. The summed E-state index contributed by atoms with van der Waals surface area (Å²) in [5.41, 5.74) is 0.255. The van der Waals surface area contributed by atoms with E-state index in [1.54, 1.807) is 36.6 Å².